The highest BCUT2D eigenvalue weighted by molar-refractivity contribution is 5.89. The zero-order valence-corrected chi connectivity index (χ0v) is 8.17. The minimum Gasteiger partial charge on any atom is -0.461 e. The predicted octanol–water partition coefficient (Wildman–Crippen LogP) is 1.85. The van der Waals surface area contributed by atoms with E-state index in [0.717, 1.165) is 18.4 Å². The quantitative estimate of drug-likeness (QED) is 0.572. The minimum absolute atomic E-state index is 0.246. The average Bonchev–Trinajstić information content (AvgIpc) is 2.61. The molecule has 74 valence electrons. The molecule has 0 aromatic carbocycles. The van der Waals surface area contributed by atoms with Crippen LogP contribution in [0.25, 0.3) is 0 Å². The number of aromatic nitrogens is 1. The van der Waals surface area contributed by atoms with Gasteiger partial charge in [-0.1, -0.05) is 12.2 Å². The Labute approximate surface area is 82.8 Å². The van der Waals surface area contributed by atoms with Crippen molar-refractivity contribution in [2.45, 2.75) is 19.8 Å². The fraction of sp³-hybridized carbons (Fsp3) is 0.364. The second-order valence-electron chi connectivity index (χ2n) is 3.27. The number of ether oxygens (including phenoxy) is 1. The van der Waals surface area contributed by atoms with Gasteiger partial charge in [0.2, 0.25) is 0 Å². The second-order valence-corrected chi connectivity index (χ2v) is 3.27. The highest BCUT2D eigenvalue weighted by Crippen LogP contribution is 2.20. The van der Waals surface area contributed by atoms with Gasteiger partial charge in [-0.05, 0) is 30.9 Å². The molecule has 1 aliphatic carbocycles. The number of H-pyrrole nitrogens is 1. The van der Waals surface area contributed by atoms with Crippen LogP contribution in [0.5, 0.6) is 0 Å². The maximum atomic E-state index is 11.5. The van der Waals surface area contributed by atoms with Gasteiger partial charge >= 0.3 is 5.97 Å². The van der Waals surface area contributed by atoms with Gasteiger partial charge in [-0.15, -0.1) is 0 Å². The highest BCUT2D eigenvalue weighted by Gasteiger charge is 2.18. The van der Waals surface area contributed by atoms with Gasteiger partial charge in [0.1, 0.15) is 5.69 Å². The van der Waals surface area contributed by atoms with E-state index in [9.17, 15) is 4.79 Å². The Morgan fingerprint density at radius 3 is 3.07 bits per heavy atom. The van der Waals surface area contributed by atoms with Crippen molar-refractivity contribution >= 4 is 5.97 Å². The summed E-state index contributed by atoms with van der Waals surface area (Å²) in [6, 6.07) is 0. The number of carbonyl (C=O) groups is 1. The van der Waals surface area contributed by atoms with Crippen molar-refractivity contribution in [1.29, 1.82) is 0 Å². The van der Waals surface area contributed by atoms with E-state index in [0.29, 0.717) is 12.3 Å². The van der Waals surface area contributed by atoms with Gasteiger partial charge in [0, 0.05) is 6.20 Å². The zero-order valence-electron chi connectivity index (χ0n) is 8.17. The van der Waals surface area contributed by atoms with Gasteiger partial charge in [0.05, 0.1) is 6.61 Å². The van der Waals surface area contributed by atoms with E-state index in [1.54, 1.807) is 0 Å². The summed E-state index contributed by atoms with van der Waals surface area (Å²) in [5.41, 5.74) is 2.91. The van der Waals surface area contributed by atoms with Crippen LogP contribution < -0.4 is 0 Å². The van der Waals surface area contributed by atoms with Crippen LogP contribution in [0.2, 0.25) is 0 Å². The SMILES string of the molecule is CCOC(=O)c1[nH]cc2c1CC=CC2. The van der Waals surface area contributed by atoms with Crippen LogP contribution in [0, 0.1) is 0 Å². The summed E-state index contributed by atoms with van der Waals surface area (Å²) in [5, 5.41) is 0. The smallest absolute Gasteiger partial charge is 0.355 e. The zero-order chi connectivity index (χ0) is 9.97. The van der Waals surface area contributed by atoms with Crippen LogP contribution in [0.15, 0.2) is 18.3 Å². The van der Waals surface area contributed by atoms with E-state index in [1.807, 2.05) is 13.1 Å². The summed E-state index contributed by atoms with van der Waals surface area (Å²) < 4.78 is 4.96. The number of nitrogens with one attached hydrogen (secondary N) is 1. The molecule has 14 heavy (non-hydrogen) atoms. The van der Waals surface area contributed by atoms with E-state index in [1.165, 1.54) is 5.56 Å². The number of aromatic amines is 1. The normalized spacial score (nSPS) is 13.8. The second kappa shape index (κ2) is 3.70. The third-order valence-corrected chi connectivity index (χ3v) is 2.39. The molecular formula is C11H13NO2. The molecule has 3 heteroatoms. The Kier molecular flexibility index (Phi) is 2.39. The molecular weight excluding hydrogens is 178 g/mol. The summed E-state index contributed by atoms with van der Waals surface area (Å²) in [6.07, 6.45) is 7.83. The Bertz CT molecular complexity index is 377. The van der Waals surface area contributed by atoms with Crippen LogP contribution in [0.1, 0.15) is 28.5 Å². The van der Waals surface area contributed by atoms with E-state index in [2.05, 4.69) is 17.1 Å². The van der Waals surface area contributed by atoms with Gasteiger partial charge in [0.15, 0.2) is 0 Å². The van der Waals surface area contributed by atoms with Gasteiger partial charge < -0.3 is 9.72 Å². The Morgan fingerprint density at radius 2 is 2.29 bits per heavy atom. The molecule has 0 radical (unpaired) electrons. The molecule has 0 spiro atoms. The molecule has 0 aliphatic heterocycles. The van der Waals surface area contributed by atoms with Crippen LogP contribution in [-0.4, -0.2) is 17.6 Å². The Morgan fingerprint density at radius 1 is 1.50 bits per heavy atom. The third kappa shape index (κ3) is 1.45. The average molecular weight is 191 g/mol. The molecule has 1 aliphatic rings. The van der Waals surface area contributed by atoms with Crippen molar-refractivity contribution in [1.82, 2.24) is 4.98 Å². The topological polar surface area (TPSA) is 42.1 Å². The maximum absolute atomic E-state index is 11.5. The molecule has 1 N–H and O–H groups in total. The first kappa shape index (κ1) is 9.06. The fourth-order valence-electron chi connectivity index (χ4n) is 1.71. The molecule has 0 unspecified atom stereocenters. The van der Waals surface area contributed by atoms with E-state index in [-0.39, 0.29) is 5.97 Å². The van der Waals surface area contributed by atoms with Gasteiger partial charge in [-0.2, -0.15) is 0 Å². The molecule has 1 aromatic heterocycles. The lowest BCUT2D eigenvalue weighted by molar-refractivity contribution is 0.0519. The van der Waals surface area contributed by atoms with Crippen LogP contribution in [0.3, 0.4) is 0 Å². The summed E-state index contributed by atoms with van der Waals surface area (Å²) in [4.78, 5) is 14.5. The molecule has 0 fully saturated rings. The maximum Gasteiger partial charge on any atom is 0.355 e. The van der Waals surface area contributed by atoms with Crippen LogP contribution in [0.4, 0.5) is 0 Å². The first-order valence-electron chi connectivity index (χ1n) is 4.84. The number of carbonyl (C=O) groups excluding carboxylic acids is 1. The number of hydrogen-bond acceptors (Lipinski definition) is 2. The van der Waals surface area contributed by atoms with Gasteiger partial charge in [0.25, 0.3) is 0 Å². The first-order chi connectivity index (χ1) is 6.83. The van der Waals surface area contributed by atoms with E-state index >= 15 is 0 Å². The molecule has 0 atom stereocenters. The largest absolute Gasteiger partial charge is 0.461 e. The molecule has 2 rings (SSSR count). The molecule has 0 saturated heterocycles. The molecule has 0 bridgehead atoms. The first-order valence-corrected chi connectivity index (χ1v) is 4.84. The van der Waals surface area contributed by atoms with Crippen molar-refractivity contribution in [3.63, 3.8) is 0 Å². The number of hydrogen-bond donors (Lipinski definition) is 1. The molecule has 0 amide bonds. The summed E-state index contributed by atoms with van der Waals surface area (Å²) in [7, 11) is 0. The number of esters is 1. The number of allylic oxidation sites excluding steroid dienone is 2. The number of rotatable bonds is 2. The number of fused-ring (bicyclic) bond motifs is 1. The van der Waals surface area contributed by atoms with Crippen molar-refractivity contribution in [3.8, 4) is 0 Å². The minimum atomic E-state index is -0.246. The van der Waals surface area contributed by atoms with Crippen molar-refractivity contribution in [2.75, 3.05) is 6.61 Å². The van der Waals surface area contributed by atoms with Crippen molar-refractivity contribution < 1.29 is 9.53 Å². The van der Waals surface area contributed by atoms with E-state index < -0.39 is 0 Å². The van der Waals surface area contributed by atoms with Crippen molar-refractivity contribution in [3.05, 3.63) is 35.2 Å². The summed E-state index contributed by atoms with van der Waals surface area (Å²) in [6.45, 7) is 2.23. The summed E-state index contributed by atoms with van der Waals surface area (Å²) >= 11 is 0. The molecule has 3 nitrogen and oxygen atoms in total. The van der Waals surface area contributed by atoms with E-state index in [4.69, 9.17) is 4.74 Å². The molecule has 1 aromatic rings. The highest BCUT2D eigenvalue weighted by atomic mass is 16.5. The van der Waals surface area contributed by atoms with Gasteiger partial charge in [-0.25, -0.2) is 4.79 Å². The Balaban J connectivity index is 2.28. The summed E-state index contributed by atoms with van der Waals surface area (Å²) in [5.74, 6) is -0.246. The molecule has 0 saturated carbocycles. The third-order valence-electron chi connectivity index (χ3n) is 2.39. The fourth-order valence-corrected chi connectivity index (χ4v) is 1.71. The van der Waals surface area contributed by atoms with Crippen LogP contribution in [-0.2, 0) is 17.6 Å². The van der Waals surface area contributed by atoms with Crippen molar-refractivity contribution in [2.24, 2.45) is 0 Å². The van der Waals surface area contributed by atoms with Gasteiger partial charge in [-0.3, -0.25) is 0 Å². The lowest BCUT2D eigenvalue weighted by Gasteiger charge is -2.07. The monoisotopic (exact) mass is 191 g/mol. The standard InChI is InChI=1S/C11H13NO2/c1-2-14-11(13)10-9-6-4-3-5-8(9)7-12-10/h3-4,7,12H,2,5-6H2,1H3. The Hall–Kier alpha value is -1.51. The molecule has 1 heterocycles. The lowest BCUT2D eigenvalue weighted by atomic mass is 10.00. The lowest BCUT2D eigenvalue weighted by Crippen LogP contribution is -2.08. The van der Waals surface area contributed by atoms with Crippen LogP contribution >= 0.6 is 0 Å². The predicted molar refractivity (Wildman–Crippen MR) is 53.3 cm³/mol.